The summed E-state index contributed by atoms with van der Waals surface area (Å²) in [6.45, 7) is 13.0. The highest BCUT2D eigenvalue weighted by molar-refractivity contribution is 5.25. The van der Waals surface area contributed by atoms with E-state index >= 15 is 0 Å². The van der Waals surface area contributed by atoms with Gasteiger partial charge in [-0.05, 0) is 62.3 Å². The van der Waals surface area contributed by atoms with Crippen LogP contribution >= 0.6 is 0 Å². The molecule has 2 aromatic carbocycles. The van der Waals surface area contributed by atoms with E-state index in [2.05, 4.69) is 63.9 Å². The van der Waals surface area contributed by atoms with E-state index in [9.17, 15) is 0 Å². The molecule has 0 bridgehead atoms. The normalized spacial score (nSPS) is 20.2. The van der Waals surface area contributed by atoms with Gasteiger partial charge in [-0.2, -0.15) is 5.06 Å². The standard InChI is InChI=1S/C24H33NO2/c1-19(27-25-17-9-16-23(2,3)24(25,4)5)21-14-12-20(13-15-21)18-26-22-10-7-6-8-11-22/h6-8,10-15,19H,9,16-18H2,1-5H3. The summed E-state index contributed by atoms with van der Waals surface area (Å²) in [4.78, 5) is 6.40. The van der Waals surface area contributed by atoms with Gasteiger partial charge in [-0.25, -0.2) is 0 Å². The van der Waals surface area contributed by atoms with Crippen molar-refractivity contribution in [1.82, 2.24) is 5.06 Å². The van der Waals surface area contributed by atoms with Crippen molar-refractivity contribution in [3.05, 3.63) is 65.7 Å². The number of hydrogen-bond acceptors (Lipinski definition) is 3. The fourth-order valence-corrected chi connectivity index (χ4v) is 3.59. The molecule has 0 saturated carbocycles. The van der Waals surface area contributed by atoms with Crippen LogP contribution in [0.2, 0.25) is 0 Å². The van der Waals surface area contributed by atoms with Crippen LogP contribution in [-0.2, 0) is 11.4 Å². The monoisotopic (exact) mass is 367 g/mol. The van der Waals surface area contributed by atoms with Crippen LogP contribution in [0, 0.1) is 5.41 Å². The van der Waals surface area contributed by atoms with Crippen LogP contribution in [0.5, 0.6) is 5.75 Å². The second-order valence-electron chi connectivity index (χ2n) is 8.74. The number of hydroxylamine groups is 2. The minimum atomic E-state index is 0.0168. The summed E-state index contributed by atoms with van der Waals surface area (Å²) in [6.07, 6.45) is 2.45. The Balaban J connectivity index is 1.59. The van der Waals surface area contributed by atoms with Gasteiger partial charge in [0.2, 0.25) is 0 Å². The number of nitrogens with zero attached hydrogens (tertiary/aromatic N) is 1. The van der Waals surface area contributed by atoms with Crippen molar-refractivity contribution in [2.75, 3.05) is 6.54 Å². The Morgan fingerprint density at radius 1 is 0.963 bits per heavy atom. The predicted molar refractivity (Wildman–Crippen MR) is 111 cm³/mol. The Kier molecular flexibility index (Phi) is 5.92. The van der Waals surface area contributed by atoms with Crippen LogP contribution in [0.4, 0.5) is 0 Å². The van der Waals surface area contributed by atoms with Gasteiger partial charge < -0.3 is 4.74 Å². The third-order valence-electron chi connectivity index (χ3n) is 6.33. The van der Waals surface area contributed by atoms with Crippen LogP contribution in [0.15, 0.2) is 54.6 Å². The first-order valence-corrected chi connectivity index (χ1v) is 10.0. The van der Waals surface area contributed by atoms with Crippen LogP contribution in [0.3, 0.4) is 0 Å². The maximum absolute atomic E-state index is 6.40. The van der Waals surface area contributed by atoms with Gasteiger partial charge in [0.25, 0.3) is 0 Å². The maximum Gasteiger partial charge on any atom is 0.119 e. The molecule has 1 fully saturated rings. The molecule has 1 atom stereocenters. The number of rotatable bonds is 6. The van der Waals surface area contributed by atoms with E-state index in [1.165, 1.54) is 18.4 Å². The molecule has 0 amide bonds. The molecule has 1 heterocycles. The molecule has 1 aliphatic heterocycles. The van der Waals surface area contributed by atoms with Gasteiger partial charge in [-0.1, -0.05) is 56.3 Å². The van der Waals surface area contributed by atoms with E-state index in [4.69, 9.17) is 9.57 Å². The van der Waals surface area contributed by atoms with Crippen LogP contribution in [0.25, 0.3) is 0 Å². The molecule has 1 aliphatic rings. The zero-order valence-electron chi connectivity index (χ0n) is 17.4. The molecular formula is C24H33NO2. The molecule has 1 unspecified atom stereocenters. The van der Waals surface area contributed by atoms with Crippen molar-refractivity contribution in [2.45, 2.75) is 65.7 Å². The number of piperidine rings is 1. The van der Waals surface area contributed by atoms with E-state index in [0.717, 1.165) is 17.9 Å². The fraction of sp³-hybridized carbons (Fsp3) is 0.500. The van der Waals surface area contributed by atoms with Gasteiger partial charge in [0, 0.05) is 12.1 Å². The molecule has 3 rings (SSSR count). The Bertz CT molecular complexity index is 722. The van der Waals surface area contributed by atoms with Gasteiger partial charge in [0.1, 0.15) is 18.5 Å². The highest BCUT2D eigenvalue weighted by atomic mass is 16.7. The second-order valence-corrected chi connectivity index (χ2v) is 8.74. The van der Waals surface area contributed by atoms with Crippen molar-refractivity contribution in [1.29, 1.82) is 0 Å². The predicted octanol–water partition coefficient (Wildman–Crippen LogP) is 6.16. The van der Waals surface area contributed by atoms with E-state index in [-0.39, 0.29) is 17.1 Å². The SMILES string of the molecule is CC(ON1CCCC(C)(C)C1(C)C)c1ccc(COc2ccccc2)cc1. The third-order valence-corrected chi connectivity index (χ3v) is 6.33. The minimum Gasteiger partial charge on any atom is -0.489 e. The Hall–Kier alpha value is -1.84. The van der Waals surface area contributed by atoms with Crippen LogP contribution < -0.4 is 4.74 Å². The summed E-state index contributed by atoms with van der Waals surface area (Å²) in [6, 6.07) is 18.5. The fourth-order valence-electron chi connectivity index (χ4n) is 3.59. The molecular weight excluding hydrogens is 334 g/mol. The maximum atomic E-state index is 6.40. The zero-order chi connectivity index (χ0) is 19.5. The minimum absolute atomic E-state index is 0.0168. The smallest absolute Gasteiger partial charge is 0.119 e. The lowest BCUT2D eigenvalue weighted by Gasteiger charge is -2.52. The number of benzene rings is 2. The molecule has 1 saturated heterocycles. The first-order chi connectivity index (χ1) is 12.8. The molecule has 0 aliphatic carbocycles. The lowest BCUT2D eigenvalue weighted by molar-refractivity contribution is -0.281. The van der Waals surface area contributed by atoms with Crippen molar-refractivity contribution >= 4 is 0 Å². The molecule has 3 heteroatoms. The summed E-state index contributed by atoms with van der Waals surface area (Å²) >= 11 is 0. The highest BCUT2D eigenvalue weighted by Crippen LogP contribution is 2.44. The van der Waals surface area contributed by atoms with Crippen LogP contribution in [0.1, 0.15) is 64.7 Å². The van der Waals surface area contributed by atoms with Crippen molar-refractivity contribution in [3.8, 4) is 5.75 Å². The van der Waals surface area contributed by atoms with Gasteiger partial charge in [0.05, 0.1) is 0 Å². The summed E-state index contributed by atoms with van der Waals surface area (Å²) < 4.78 is 5.82. The number of hydrogen-bond donors (Lipinski definition) is 0. The molecule has 3 nitrogen and oxygen atoms in total. The molecule has 146 valence electrons. The largest absolute Gasteiger partial charge is 0.489 e. The van der Waals surface area contributed by atoms with E-state index < -0.39 is 0 Å². The lowest BCUT2D eigenvalue weighted by Crippen LogP contribution is -2.57. The van der Waals surface area contributed by atoms with Gasteiger partial charge in [-0.3, -0.25) is 4.84 Å². The number of para-hydroxylation sites is 1. The second kappa shape index (κ2) is 8.04. The Morgan fingerprint density at radius 2 is 1.63 bits per heavy atom. The van der Waals surface area contributed by atoms with E-state index in [1.807, 2.05) is 30.3 Å². The van der Waals surface area contributed by atoms with E-state index in [1.54, 1.807) is 0 Å². The molecule has 2 aromatic rings. The van der Waals surface area contributed by atoms with Gasteiger partial charge in [-0.15, -0.1) is 0 Å². The molecule has 0 aromatic heterocycles. The lowest BCUT2D eigenvalue weighted by atomic mass is 9.69. The third kappa shape index (κ3) is 4.53. The van der Waals surface area contributed by atoms with Crippen LogP contribution in [-0.4, -0.2) is 17.1 Å². The molecule has 0 radical (unpaired) electrons. The first-order valence-electron chi connectivity index (χ1n) is 10.0. The van der Waals surface area contributed by atoms with Gasteiger partial charge in [0.15, 0.2) is 0 Å². The topological polar surface area (TPSA) is 21.7 Å². The molecule has 0 N–H and O–H groups in total. The highest BCUT2D eigenvalue weighted by Gasteiger charge is 2.45. The summed E-state index contributed by atoms with van der Waals surface area (Å²) in [5.41, 5.74) is 2.61. The Morgan fingerprint density at radius 3 is 2.30 bits per heavy atom. The average Bonchev–Trinajstić information content (AvgIpc) is 2.65. The quantitative estimate of drug-likeness (QED) is 0.610. The summed E-state index contributed by atoms with van der Waals surface area (Å²) in [5.74, 6) is 0.897. The first kappa shape index (κ1) is 19.9. The van der Waals surface area contributed by atoms with Crippen molar-refractivity contribution in [2.24, 2.45) is 5.41 Å². The summed E-state index contributed by atoms with van der Waals surface area (Å²) in [7, 11) is 0. The van der Waals surface area contributed by atoms with Crippen molar-refractivity contribution < 1.29 is 9.57 Å². The van der Waals surface area contributed by atoms with Gasteiger partial charge >= 0.3 is 0 Å². The Labute approximate surface area is 164 Å². The zero-order valence-corrected chi connectivity index (χ0v) is 17.4. The van der Waals surface area contributed by atoms with Crippen molar-refractivity contribution in [3.63, 3.8) is 0 Å². The summed E-state index contributed by atoms with van der Waals surface area (Å²) in [5, 5.41) is 2.20. The van der Waals surface area contributed by atoms with E-state index in [0.29, 0.717) is 6.61 Å². The molecule has 0 spiro atoms. The molecule has 27 heavy (non-hydrogen) atoms. The average molecular weight is 368 g/mol. The number of ether oxygens (including phenoxy) is 1.